The zero-order chi connectivity index (χ0) is 65.1. The molecule has 6 aromatic rings. The molecule has 0 amide bonds. The van der Waals surface area contributed by atoms with E-state index in [4.69, 9.17) is 0 Å². The van der Waals surface area contributed by atoms with E-state index in [1.165, 1.54) is 186 Å². The largest absolute Gasteiger partial charge is 0.0836 e. The third-order valence-corrected chi connectivity index (χ3v) is 20.7. The fourth-order valence-electron chi connectivity index (χ4n) is 15.2. The van der Waals surface area contributed by atoms with Gasteiger partial charge in [0.1, 0.15) is 0 Å². The van der Waals surface area contributed by atoms with Crippen molar-refractivity contribution in [3.05, 3.63) is 426 Å². The lowest BCUT2D eigenvalue weighted by molar-refractivity contribution is 0.734. The van der Waals surface area contributed by atoms with Crippen molar-refractivity contribution >= 4 is 0 Å². The van der Waals surface area contributed by atoms with E-state index in [0.29, 0.717) is 17.8 Å². The Balaban J connectivity index is 0.000000130. The molecule has 0 saturated carbocycles. The van der Waals surface area contributed by atoms with Crippen molar-refractivity contribution in [3.8, 4) is 0 Å². The lowest BCUT2D eigenvalue weighted by atomic mass is 9.78. The highest BCUT2D eigenvalue weighted by Gasteiger charge is 2.29. The molecule has 0 aromatic heterocycles. The van der Waals surface area contributed by atoms with E-state index in [9.17, 15) is 0 Å². The van der Waals surface area contributed by atoms with E-state index >= 15 is 0 Å². The zero-order valence-electron chi connectivity index (χ0n) is 57.0. The van der Waals surface area contributed by atoms with E-state index in [2.05, 4.69) is 311 Å². The highest BCUT2D eigenvalue weighted by Crippen LogP contribution is 2.44. The Bertz CT molecular complexity index is 4310. The predicted octanol–water partition coefficient (Wildman–Crippen LogP) is 24.0. The Morgan fingerprint density at radius 1 is 0.281 bits per heavy atom. The zero-order valence-corrected chi connectivity index (χ0v) is 57.0. The van der Waals surface area contributed by atoms with Crippen LogP contribution in [0.3, 0.4) is 0 Å². The molecular weight excluding hydrogens is 1150 g/mol. The van der Waals surface area contributed by atoms with Crippen LogP contribution >= 0.6 is 0 Å². The third-order valence-electron chi connectivity index (χ3n) is 20.7. The van der Waals surface area contributed by atoms with Crippen LogP contribution in [-0.4, -0.2) is 0 Å². The van der Waals surface area contributed by atoms with Crippen molar-refractivity contribution in [1.29, 1.82) is 0 Å². The minimum absolute atomic E-state index is 0.421. The van der Waals surface area contributed by atoms with Gasteiger partial charge < -0.3 is 0 Å². The number of unbranched alkanes of at least 4 members (excludes halogenated alkanes) is 1. The first-order valence-electron chi connectivity index (χ1n) is 36.3. The first-order valence-corrected chi connectivity index (χ1v) is 36.3. The molecule has 96 heavy (non-hydrogen) atoms. The quantitative estimate of drug-likeness (QED) is 0.0594. The summed E-state index contributed by atoms with van der Waals surface area (Å²) < 4.78 is 0. The summed E-state index contributed by atoms with van der Waals surface area (Å²) in [4.78, 5) is 0. The molecule has 0 bridgehead atoms. The van der Waals surface area contributed by atoms with Gasteiger partial charge in [0.25, 0.3) is 0 Å². The Labute approximate surface area is 575 Å². The van der Waals surface area contributed by atoms with Crippen LogP contribution in [0, 0.1) is 31.6 Å². The number of hydrogen-bond acceptors (Lipinski definition) is 0. The van der Waals surface area contributed by atoms with Crippen LogP contribution in [-0.2, 0) is 57.8 Å². The fourth-order valence-corrected chi connectivity index (χ4v) is 15.2. The minimum atomic E-state index is 0.421. The fraction of sp³-hybridized carbons (Fsp3) is 0.250. The summed E-state index contributed by atoms with van der Waals surface area (Å²) >= 11 is 0. The Morgan fingerprint density at radius 2 is 0.615 bits per heavy atom. The average Bonchev–Trinajstić information content (AvgIpc) is 1.64. The highest BCUT2D eigenvalue weighted by molar-refractivity contribution is 5.63. The number of hydrogen-bond donors (Lipinski definition) is 0. The van der Waals surface area contributed by atoms with E-state index in [-0.39, 0.29) is 0 Å². The SMILES string of the molecule is C1=CC2C(C3=CCCC=C3)=CC=C(Cc3ccc(CCCCc4ccccc4)cc3)C2=C1.Cc1ccc(CCCc2ccc(CC3=CC=C(C4=CCCC=C4)C4C=CC=C34)cc2)cc1.Cc1ccccc1CCCc1ccc(CC2=CC=C(C3=CCCC=C3)C3C=CC=C23)cc1. The van der Waals surface area contributed by atoms with Crippen molar-refractivity contribution in [2.24, 2.45) is 17.8 Å². The summed E-state index contributed by atoms with van der Waals surface area (Å²) in [6.45, 7) is 4.36. The number of fused-ring (bicyclic) bond motifs is 3. The molecule has 480 valence electrons. The van der Waals surface area contributed by atoms with E-state index in [1.807, 2.05) is 0 Å². The molecule has 3 atom stereocenters. The van der Waals surface area contributed by atoms with Crippen LogP contribution in [0.1, 0.15) is 125 Å². The first kappa shape index (κ1) is 65.3. The van der Waals surface area contributed by atoms with Crippen molar-refractivity contribution in [1.82, 2.24) is 0 Å². The van der Waals surface area contributed by atoms with Gasteiger partial charge in [-0.1, -0.05) is 303 Å². The van der Waals surface area contributed by atoms with Gasteiger partial charge in [-0.15, -0.1) is 0 Å². The van der Waals surface area contributed by atoms with Crippen LogP contribution in [0.5, 0.6) is 0 Å². The molecule has 0 N–H and O–H groups in total. The molecule has 9 aliphatic rings. The molecule has 15 rings (SSSR count). The van der Waals surface area contributed by atoms with Crippen LogP contribution in [0.25, 0.3) is 0 Å². The smallest absolute Gasteiger partial charge is 0.0281 e. The van der Waals surface area contributed by atoms with Crippen molar-refractivity contribution in [2.45, 2.75) is 136 Å². The molecule has 6 aromatic carbocycles. The maximum Gasteiger partial charge on any atom is 0.0281 e. The lowest BCUT2D eigenvalue weighted by Crippen LogP contribution is -2.12. The molecule has 0 heteroatoms. The van der Waals surface area contributed by atoms with Gasteiger partial charge in [-0.25, -0.2) is 0 Å². The van der Waals surface area contributed by atoms with E-state index in [1.54, 1.807) is 0 Å². The van der Waals surface area contributed by atoms with Gasteiger partial charge in [0.15, 0.2) is 0 Å². The van der Waals surface area contributed by atoms with Crippen LogP contribution in [0.4, 0.5) is 0 Å². The standard InChI is InChI=1S/3C32H32/c1-24-13-15-25(16-14-24)7-5-8-26-17-19-27(20-18-26)23-29-21-22-31(28-9-3-2-4-10-28)32-12-6-11-30(29)32;1-24-9-5-6-11-27(24)14-7-10-25-17-19-26(20-18-25)23-29-21-22-31(28-12-3-2-4-13-28)32-16-8-15-30(29)32;1-3-10-25(11-4-1)12-7-8-13-26-18-20-27(21-19-26)24-29-22-23-31(28-14-5-2-6-15-28)32-17-9-16-30(29)32/h3,6,9-22,32H,2,4-5,7-8,23H2,1H3;3,5-6,8-9,11-13,15-22,32H,2,4,7,10,14,23H2,1H3;1,3-5,9-11,14-23,32H,2,6-8,12-13,24H2. The van der Waals surface area contributed by atoms with Gasteiger partial charge in [0.2, 0.25) is 0 Å². The topological polar surface area (TPSA) is 0 Å². The Kier molecular flexibility index (Phi) is 22.4. The highest BCUT2D eigenvalue weighted by atomic mass is 14.3. The third kappa shape index (κ3) is 17.2. The van der Waals surface area contributed by atoms with Crippen molar-refractivity contribution in [2.75, 3.05) is 0 Å². The molecule has 3 unspecified atom stereocenters. The van der Waals surface area contributed by atoms with Gasteiger partial charge in [-0.2, -0.15) is 0 Å². The van der Waals surface area contributed by atoms with E-state index < -0.39 is 0 Å². The minimum Gasteiger partial charge on any atom is -0.0836 e. The maximum atomic E-state index is 2.40. The summed E-state index contributed by atoms with van der Waals surface area (Å²) in [6.07, 6.45) is 77.7. The molecule has 0 saturated heterocycles. The summed E-state index contributed by atoms with van der Waals surface area (Å²) in [7, 11) is 0. The van der Waals surface area contributed by atoms with Crippen molar-refractivity contribution < 1.29 is 0 Å². The van der Waals surface area contributed by atoms with Crippen LogP contribution in [0.2, 0.25) is 0 Å². The summed E-state index contributed by atoms with van der Waals surface area (Å²) in [5.74, 6) is 1.27. The van der Waals surface area contributed by atoms with Gasteiger partial charge >= 0.3 is 0 Å². The predicted molar refractivity (Wildman–Crippen MR) is 410 cm³/mol. The van der Waals surface area contributed by atoms with Gasteiger partial charge in [-0.05, 0) is 258 Å². The molecule has 0 nitrogen and oxygen atoms in total. The van der Waals surface area contributed by atoms with Gasteiger partial charge in [0.05, 0.1) is 0 Å². The summed E-state index contributed by atoms with van der Waals surface area (Å²) in [5, 5.41) is 0. The summed E-state index contributed by atoms with van der Waals surface area (Å²) in [6, 6.07) is 56.5. The van der Waals surface area contributed by atoms with Crippen LogP contribution in [0.15, 0.2) is 364 Å². The summed E-state index contributed by atoms with van der Waals surface area (Å²) in [5.41, 5.74) is 33.0. The molecule has 0 fully saturated rings. The van der Waals surface area contributed by atoms with Gasteiger partial charge in [-0.3, -0.25) is 0 Å². The molecular formula is C96H96. The molecule has 0 spiro atoms. The molecule has 9 aliphatic carbocycles. The number of rotatable bonds is 22. The number of aryl methyl sites for hydroxylation is 8. The second-order valence-electron chi connectivity index (χ2n) is 27.6. The second-order valence-corrected chi connectivity index (χ2v) is 27.6. The van der Waals surface area contributed by atoms with Gasteiger partial charge in [0, 0.05) is 17.8 Å². The monoisotopic (exact) mass is 1250 g/mol. The first-order chi connectivity index (χ1) is 47.4. The normalized spacial score (nSPS) is 19.2. The maximum absolute atomic E-state index is 2.40. The Hall–Kier alpha value is -9.36. The molecule has 0 aliphatic heterocycles. The van der Waals surface area contributed by atoms with Crippen molar-refractivity contribution in [3.63, 3.8) is 0 Å². The van der Waals surface area contributed by atoms with E-state index in [0.717, 1.165) is 64.2 Å². The lowest BCUT2D eigenvalue weighted by Gasteiger charge is -2.26. The number of allylic oxidation sites excluding steroid dienone is 36. The van der Waals surface area contributed by atoms with Crippen LogP contribution < -0.4 is 0 Å². The molecule has 0 radical (unpaired) electrons. The Morgan fingerprint density at radius 3 is 0.990 bits per heavy atom. The second kappa shape index (κ2) is 32.9. The average molecular weight is 1250 g/mol. The number of benzene rings is 6. The molecule has 0 heterocycles.